The van der Waals surface area contributed by atoms with Gasteiger partial charge >= 0.3 is 11.6 Å². The van der Waals surface area contributed by atoms with Crippen molar-refractivity contribution in [2.45, 2.75) is 13.5 Å². The van der Waals surface area contributed by atoms with Crippen LogP contribution in [0.15, 0.2) is 51.7 Å². The zero-order chi connectivity index (χ0) is 21.0. The molecular formula is C22H19ClO6. The number of benzene rings is 2. The van der Waals surface area contributed by atoms with E-state index in [0.717, 1.165) is 5.56 Å². The van der Waals surface area contributed by atoms with Crippen LogP contribution in [0.3, 0.4) is 0 Å². The van der Waals surface area contributed by atoms with Crippen molar-refractivity contribution in [1.29, 1.82) is 0 Å². The van der Waals surface area contributed by atoms with E-state index in [1.54, 1.807) is 36.4 Å². The van der Waals surface area contributed by atoms with Gasteiger partial charge in [-0.1, -0.05) is 23.7 Å². The molecule has 6 nitrogen and oxygen atoms in total. The summed E-state index contributed by atoms with van der Waals surface area (Å²) in [5.41, 5.74) is 1.83. The number of hydrogen-bond donors (Lipinski definition) is 0. The number of halogens is 1. The molecule has 0 aliphatic rings. The smallest absolute Gasteiger partial charge is 0.336 e. The second-order valence-corrected chi connectivity index (χ2v) is 6.62. The Hall–Kier alpha value is -3.25. The van der Waals surface area contributed by atoms with E-state index in [1.165, 1.54) is 26.4 Å². The highest BCUT2D eigenvalue weighted by Crippen LogP contribution is 2.31. The summed E-state index contributed by atoms with van der Waals surface area (Å²) in [6, 6.07) is 9.98. The molecule has 0 amide bonds. The molecule has 0 fully saturated rings. The minimum absolute atomic E-state index is 0.0973. The van der Waals surface area contributed by atoms with Gasteiger partial charge < -0.3 is 18.6 Å². The third-order valence-corrected chi connectivity index (χ3v) is 4.72. The SMILES string of the molecule is COc1cccc(/C=C/C(=O)OCc2cc(=O)oc3cc(C)c(Cl)cc23)c1OC. The molecule has 0 N–H and O–H groups in total. The molecule has 29 heavy (non-hydrogen) atoms. The predicted octanol–water partition coefficient (Wildman–Crippen LogP) is 4.53. The second kappa shape index (κ2) is 8.84. The Kier molecular flexibility index (Phi) is 6.24. The predicted molar refractivity (Wildman–Crippen MR) is 111 cm³/mol. The maximum Gasteiger partial charge on any atom is 0.336 e. The van der Waals surface area contributed by atoms with Gasteiger partial charge in [0.25, 0.3) is 0 Å². The van der Waals surface area contributed by atoms with Crippen molar-refractivity contribution in [2.75, 3.05) is 14.2 Å². The van der Waals surface area contributed by atoms with Crippen LogP contribution >= 0.6 is 11.6 Å². The fourth-order valence-electron chi connectivity index (χ4n) is 2.87. The molecule has 7 heteroatoms. The number of fused-ring (bicyclic) bond motifs is 1. The van der Waals surface area contributed by atoms with E-state index in [4.69, 9.17) is 30.2 Å². The summed E-state index contributed by atoms with van der Waals surface area (Å²) in [5.74, 6) is 0.489. The second-order valence-electron chi connectivity index (χ2n) is 6.21. The van der Waals surface area contributed by atoms with E-state index in [9.17, 15) is 9.59 Å². The van der Waals surface area contributed by atoms with E-state index in [0.29, 0.717) is 38.6 Å². The van der Waals surface area contributed by atoms with Crippen LogP contribution in [0.4, 0.5) is 0 Å². The van der Waals surface area contributed by atoms with Crippen molar-refractivity contribution >= 4 is 34.6 Å². The van der Waals surface area contributed by atoms with Crippen LogP contribution in [0.25, 0.3) is 17.0 Å². The van der Waals surface area contributed by atoms with Crippen LogP contribution < -0.4 is 15.1 Å². The van der Waals surface area contributed by atoms with Crippen molar-refractivity contribution in [1.82, 2.24) is 0 Å². The topological polar surface area (TPSA) is 75.0 Å². The molecule has 150 valence electrons. The van der Waals surface area contributed by atoms with Gasteiger partial charge in [0.15, 0.2) is 11.5 Å². The lowest BCUT2D eigenvalue weighted by Crippen LogP contribution is -2.06. The van der Waals surface area contributed by atoms with Crippen LogP contribution in [0, 0.1) is 6.92 Å². The lowest BCUT2D eigenvalue weighted by molar-refractivity contribution is -0.138. The Morgan fingerprint density at radius 3 is 2.69 bits per heavy atom. The standard InChI is InChI=1S/C22H19ClO6/c1-13-9-19-16(11-17(13)23)15(10-21(25)29-19)12-28-20(24)8-7-14-5-4-6-18(26-2)22(14)27-3/h4-11H,12H2,1-3H3/b8-7+. The minimum Gasteiger partial charge on any atom is -0.493 e. The molecular weight excluding hydrogens is 396 g/mol. The number of carbonyl (C=O) groups excluding carboxylic acids is 1. The number of hydrogen-bond acceptors (Lipinski definition) is 6. The average Bonchev–Trinajstić information content (AvgIpc) is 2.71. The van der Waals surface area contributed by atoms with E-state index in [1.807, 2.05) is 6.92 Å². The van der Waals surface area contributed by atoms with Crippen molar-refractivity contribution < 1.29 is 23.4 Å². The summed E-state index contributed by atoms with van der Waals surface area (Å²) in [5, 5.41) is 1.15. The number of aryl methyl sites for hydroxylation is 1. The molecule has 0 unspecified atom stereocenters. The van der Waals surface area contributed by atoms with Crippen molar-refractivity contribution in [3.05, 3.63) is 74.6 Å². The maximum atomic E-state index is 12.2. The zero-order valence-corrected chi connectivity index (χ0v) is 16.9. The summed E-state index contributed by atoms with van der Waals surface area (Å²) in [4.78, 5) is 24.0. The number of esters is 1. The molecule has 0 saturated carbocycles. The third kappa shape index (κ3) is 4.60. The van der Waals surface area contributed by atoms with Crippen molar-refractivity contribution in [3.63, 3.8) is 0 Å². The summed E-state index contributed by atoms with van der Waals surface area (Å²) in [7, 11) is 3.06. The lowest BCUT2D eigenvalue weighted by atomic mass is 10.1. The number of carbonyl (C=O) groups is 1. The van der Waals surface area contributed by atoms with Gasteiger partial charge in [0.1, 0.15) is 12.2 Å². The molecule has 1 aromatic heterocycles. The van der Waals surface area contributed by atoms with Gasteiger partial charge in [-0.25, -0.2) is 9.59 Å². The average molecular weight is 415 g/mol. The van der Waals surface area contributed by atoms with Crippen molar-refractivity contribution in [3.8, 4) is 11.5 Å². The normalized spacial score (nSPS) is 11.0. The zero-order valence-electron chi connectivity index (χ0n) is 16.2. The molecule has 0 saturated heterocycles. The van der Waals surface area contributed by atoms with Gasteiger partial charge in [-0.3, -0.25) is 0 Å². The van der Waals surface area contributed by atoms with Gasteiger partial charge in [0.2, 0.25) is 0 Å². The van der Waals surface area contributed by atoms with Gasteiger partial charge in [0, 0.05) is 33.7 Å². The molecule has 0 atom stereocenters. The highest BCUT2D eigenvalue weighted by atomic mass is 35.5. The summed E-state index contributed by atoms with van der Waals surface area (Å²) < 4.78 is 21.1. The fourth-order valence-corrected chi connectivity index (χ4v) is 3.03. The van der Waals surface area contributed by atoms with Gasteiger partial charge in [0.05, 0.1) is 14.2 Å². The largest absolute Gasteiger partial charge is 0.493 e. The minimum atomic E-state index is -0.575. The van der Waals surface area contributed by atoms with E-state index < -0.39 is 11.6 Å². The van der Waals surface area contributed by atoms with Crippen LogP contribution in [0.2, 0.25) is 5.02 Å². The molecule has 0 aliphatic carbocycles. The van der Waals surface area contributed by atoms with Gasteiger partial charge in [-0.05, 0) is 36.8 Å². The van der Waals surface area contributed by atoms with Crippen LogP contribution in [-0.2, 0) is 16.1 Å². The quantitative estimate of drug-likeness (QED) is 0.335. The Bertz CT molecular complexity index is 1150. The van der Waals surface area contributed by atoms with Gasteiger partial charge in [-0.15, -0.1) is 0 Å². The Morgan fingerprint density at radius 2 is 1.97 bits per heavy atom. The Balaban J connectivity index is 1.79. The molecule has 1 heterocycles. The Labute approximate surface area is 172 Å². The number of methoxy groups -OCH3 is 2. The molecule has 0 radical (unpaired) electrons. The Morgan fingerprint density at radius 1 is 1.17 bits per heavy atom. The summed E-state index contributed by atoms with van der Waals surface area (Å²) >= 11 is 6.17. The summed E-state index contributed by atoms with van der Waals surface area (Å²) in [6.45, 7) is 1.71. The van der Waals surface area contributed by atoms with Crippen molar-refractivity contribution in [2.24, 2.45) is 0 Å². The monoisotopic (exact) mass is 414 g/mol. The summed E-state index contributed by atoms with van der Waals surface area (Å²) in [6.07, 6.45) is 2.85. The number of rotatable bonds is 6. The fraction of sp³-hybridized carbons (Fsp3) is 0.182. The van der Waals surface area contributed by atoms with Gasteiger partial charge in [-0.2, -0.15) is 0 Å². The van der Waals surface area contributed by atoms with Crippen LogP contribution in [-0.4, -0.2) is 20.2 Å². The first-order chi connectivity index (χ1) is 13.9. The highest BCUT2D eigenvalue weighted by molar-refractivity contribution is 6.32. The third-order valence-electron chi connectivity index (χ3n) is 4.31. The number of ether oxygens (including phenoxy) is 3. The lowest BCUT2D eigenvalue weighted by Gasteiger charge is -2.10. The highest BCUT2D eigenvalue weighted by Gasteiger charge is 2.11. The molecule has 3 rings (SSSR count). The maximum absolute atomic E-state index is 12.2. The molecule has 0 aliphatic heterocycles. The van der Waals surface area contributed by atoms with E-state index in [-0.39, 0.29) is 6.61 Å². The number of para-hydroxylation sites is 1. The first kappa shape index (κ1) is 20.5. The van der Waals surface area contributed by atoms with E-state index in [2.05, 4.69) is 0 Å². The first-order valence-electron chi connectivity index (χ1n) is 8.71. The first-order valence-corrected chi connectivity index (χ1v) is 9.09. The van der Waals surface area contributed by atoms with Crippen LogP contribution in [0.5, 0.6) is 11.5 Å². The molecule has 0 spiro atoms. The molecule has 0 bridgehead atoms. The van der Waals surface area contributed by atoms with E-state index >= 15 is 0 Å². The molecule has 3 aromatic rings. The molecule has 2 aromatic carbocycles. The van der Waals surface area contributed by atoms with Crippen LogP contribution in [0.1, 0.15) is 16.7 Å².